The van der Waals surface area contributed by atoms with Crippen LogP contribution in [0.25, 0.3) is 0 Å². The molecule has 0 aliphatic heterocycles. The molecule has 0 aromatic carbocycles. The maximum Gasteiger partial charge on any atom is 0.256 e. The molecule has 0 atom stereocenters. The van der Waals surface area contributed by atoms with E-state index in [0.29, 0.717) is 11.8 Å². The van der Waals surface area contributed by atoms with Crippen LogP contribution in [0.1, 0.15) is 25.5 Å². The van der Waals surface area contributed by atoms with E-state index in [2.05, 4.69) is 15.4 Å². The summed E-state index contributed by atoms with van der Waals surface area (Å²) in [6, 6.07) is 0. The number of rotatable bonds is 2. The number of aromatic nitrogens is 3. The van der Waals surface area contributed by atoms with Gasteiger partial charge in [-0.25, -0.2) is 0 Å². The molecular weight excluding hydrogens is 130 g/mol. The van der Waals surface area contributed by atoms with E-state index >= 15 is 0 Å². The summed E-state index contributed by atoms with van der Waals surface area (Å²) in [6.45, 7) is 4.08. The predicted octanol–water partition coefficient (Wildman–Crippen LogP) is 0.937. The Morgan fingerprint density at radius 2 is 2.10 bits per heavy atom. The number of H-pyrrole nitrogens is 1. The Morgan fingerprint density at radius 1 is 1.40 bits per heavy atom. The minimum absolute atomic E-state index is 0.355. The maximum atomic E-state index is 4.94. The molecule has 4 nitrogen and oxygen atoms in total. The highest BCUT2D eigenvalue weighted by atomic mass is 16.5. The molecule has 1 aromatic rings. The van der Waals surface area contributed by atoms with Crippen molar-refractivity contribution in [2.75, 3.05) is 7.11 Å². The van der Waals surface area contributed by atoms with Crippen LogP contribution >= 0.6 is 0 Å². The summed E-state index contributed by atoms with van der Waals surface area (Å²) >= 11 is 0. The molecule has 0 saturated carbocycles. The van der Waals surface area contributed by atoms with Crippen LogP contribution in [0, 0.1) is 0 Å². The van der Waals surface area contributed by atoms with Crippen LogP contribution in [0.5, 0.6) is 5.88 Å². The van der Waals surface area contributed by atoms with E-state index in [0.717, 1.165) is 5.69 Å². The van der Waals surface area contributed by atoms with E-state index in [1.165, 1.54) is 0 Å². The molecule has 0 unspecified atom stereocenters. The van der Waals surface area contributed by atoms with Crippen LogP contribution in [0.3, 0.4) is 0 Å². The fourth-order valence-corrected chi connectivity index (χ4v) is 0.756. The number of hydrogen-bond donors (Lipinski definition) is 1. The lowest BCUT2D eigenvalue weighted by molar-refractivity contribution is 0.390. The van der Waals surface area contributed by atoms with Crippen molar-refractivity contribution < 1.29 is 4.74 Å². The first-order valence-corrected chi connectivity index (χ1v) is 3.20. The first-order chi connectivity index (χ1) is 4.75. The zero-order valence-corrected chi connectivity index (χ0v) is 6.38. The Kier molecular flexibility index (Phi) is 1.89. The highest BCUT2D eigenvalue weighted by Crippen LogP contribution is 2.19. The van der Waals surface area contributed by atoms with Crippen molar-refractivity contribution in [3.05, 3.63) is 5.69 Å². The topological polar surface area (TPSA) is 50.8 Å². The second kappa shape index (κ2) is 2.68. The first kappa shape index (κ1) is 7.05. The summed E-state index contributed by atoms with van der Waals surface area (Å²) in [6.07, 6.45) is 0. The molecular formula is C6H11N3O. The molecule has 0 aliphatic rings. The Labute approximate surface area is 59.6 Å². The fraction of sp³-hybridized carbons (Fsp3) is 0.667. The Hall–Kier alpha value is -1.06. The zero-order valence-electron chi connectivity index (χ0n) is 6.38. The molecule has 1 rings (SSSR count). The molecule has 1 heterocycles. The smallest absolute Gasteiger partial charge is 0.256 e. The monoisotopic (exact) mass is 141 g/mol. The molecule has 1 aromatic heterocycles. The second-order valence-corrected chi connectivity index (χ2v) is 2.37. The van der Waals surface area contributed by atoms with E-state index in [9.17, 15) is 0 Å². The van der Waals surface area contributed by atoms with E-state index in [-0.39, 0.29) is 0 Å². The van der Waals surface area contributed by atoms with Gasteiger partial charge in [0, 0.05) is 5.92 Å². The molecule has 0 amide bonds. The van der Waals surface area contributed by atoms with Crippen LogP contribution in [-0.4, -0.2) is 22.5 Å². The predicted molar refractivity (Wildman–Crippen MR) is 37.0 cm³/mol. The van der Waals surface area contributed by atoms with Gasteiger partial charge in [-0.15, -0.1) is 5.10 Å². The van der Waals surface area contributed by atoms with Crippen LogP contribution in [0.15, 0.2) is 0 Å². The molecule has 56 valence electrons. The Balaban J connectivity index is 2.90. The van der Waals surface area contributed by atoms with Crippen molar-refractivity contribution in [2.45, 2.75) is 19.8 Å². The lowest BCUT2D eigenvalue weighted by atomic mass is 10.1. The third-order valence-corrected chi connectivity index (χ3v) is 1.28. The maximum absolute atomic E-state index is 4.94. The third-order valence-electron chi connectivity index (χ3n) is 1.28. The summed E-state index contributed by atoms with van der Waals surface area (Å²) < 4.78 is 4.94. The largest absolute Gasteiger partial charge is 0.479 e. The van der Waals surface area contributed by atoms with Gasteiger partial charge in [0.25, 0.3) is 5.88 Å². The van der Waals surface area contributed by atoms with Gasteiger partial charge in [0.15, 0.2) is 0 Å². The SMILES string of the molecule is COc1n[nH]nc1C(C)C. The Bertz CT molecular complexity index is 207. The molecule has 10 heavy (non-hydrogen) atoms. The van der Waals surface area contributed by atoms with E-state index < -0.39 is 0 Å². The van der Waals surface area contributed by atoms with Crippen molar-refractivity contribution >= 4 is 0 Å². The van der Waals surface area contributed by atoms with Gasteiger partial charge in [-0.2, -0.15) is 10.3 Å². The highest BCUT2D eigenvalue weighted by molar-refractivity contribution is 5.18. The molecule has 0 saturated heterocycles. The van der Waals surface area contributed by atoms with Gasteiger partial charge in [0.1, 0.15) is 5.69 Å². The zero-order chi connectivity index (χ0) is 7.56. The molecule has 0 radical (unpaired) electrons. The van der Waals surface area contributed by atoms with Gasteiger partial charge in [-0.3, -0.25) is 0 Å². The number of methoxy groups -OCH3 is 1. The third kappa shape index (κ3) is 1.10. The lowest BCUT2D eigenvalue weighted by Crippen LogP contribution is -1.92. The average molecular weight is 141 g/mol. The van der Waals surface area contributed by atoms with Gasteiger partial charge < -0.3 is 4.74 Å². The quantitative estimate of drug-likeness (QED) is 0.666. The van der Waals surface area contributed by atoms with Crippen LogP contribution in [0.4, 0.5) is 0 Å². The van der Waals surface area contributed by atoms with E-state index in [1.54, 1.807) is 7.11 Å². The second-order valence-electron chi connectivity index (χ2n) is 2.37. The summed E-state index contributed by atoms with van der Waals surface area (Å²) in [7, 11) is 1.59. The minimum atomic E-state index is 0.355. The number of nitrogens with one attached hydrogen (secondary N) is 1. The molecule has 4 heteroatoms. The van der Waals surface area contributed by atoms with Crippen molar-refractivity contribution in [1.82, 2.24) is 15.4 Å². The number of ether oxygens (including phenoxy) is 1. The summed E-state index contributed by atoms with van der Waals surface area (Å²) in [4.78, 5) is 0. The van der Waals surface area contributed by atoms with Gasteiger partial charge in [-0.05, 0) is 0 Å². The number of nitrogens with zero attached hydrogens (tertiary/aromatic N) is 2. The highest BCUT2D eigenvalue weighted by Gasteiger charge is 2.10. The van der Waals surface area contributed by atoms with Gasteiger partial charge in [0.05, 0.1) is 7.11 Å². The molecule has 0 bridgehead atoms. The average Bonchev–Trinajstić information content (AvgIpc) is 2.33. The van der Waals surface area contributed by atoms with Gasteiger partial charge in [-0.1, -0.05) is 13.8 Å². The van der Waals surface area contributed by atoms with E-state index in [4.69, 9.17) is 4.74 Å². The summed E-state index contributed by atoms with van der Waals surface area (Å²) in [5, 5.41) is 10.2. The van der Waals surface area contributed by atoms with Crippen molar-refractivity contribution in [2.24, 2.45) is 0 Å². The van der Waals surface area contributed by atoms with Crippen LogP contribution < -0.4 is 4.74 Å². The molecule has 0 fully saturated rings. The summed E-state index contributed by atoms with van der Waals surface area (Å²) in [5.41, 5.74) is 0.877. The first-order valence-electron chi connectivity index (χ1n) is 3.20. The van der Waals surface area contributed by atoms with Gasteiger partial charge >= 0.3 is 0 Å². The number of hydrogen-bond acceptors (Lipinski definition) is 3. The van der Waals surface area contributed by atoms with Crippen molar-refractivity contribution in [1.29, 1.82) is 0 Å². The van der Waals surface area contributed by atoms with Crippen molar-refractivity contribution in [3.8, 4) is 5.88 Å². The van der Waals surface area contributed by atoms with Crippen LogP contribution in [0.2, 0.25) is 0 Å². The molecule has 1 N–H and O–H groups in total. The van der Waals surface area contributed by atoms with Crippen LogP contribution in [-0.2, 0) is 0 Å². The van der Waals surface area contributed by atoms with E-state index in [1.807, 2.05) is 13.8 Å². The molecule has 0 spiro atoms. The number of aromatic amines is 1. The minimum Gasteiger partial charge on any atom is -0.479 e. The normalized spacial score (nSPS) is 10.4. The van der Waals surface area contributed by atoms with Gasteiger partial charge in [0.2, 0.25) is 0 Å². The summed E-state index contributed by atoms with van der Waals surface area (Å²) in [5.74, 6) is 0.948. The lowest BCUT2D eigenvalue weighted by Gasteiger charge is -1.99. The van der Waals surface area contributed by atoms with Crippen molar-refractivity contribution in [3.63, 3.8) is 0 Å². The fourth-order valence-electron chi connectivity index (χ4n) is 0.756. The standard InChI is InChI=1S/C6H11N3O/c1-4(2)5-6(10-3)8-9-7-5/h4H,1-3H3,(H,7,8,9). The Morgan fingerprint density at radius 3 is 2.50 bits per heavy atom. The molecule has 0 aliphatic carbocycles.